The van der Waals surface area contributed by atoms with Crippen LogP contribution in [-0.4, -0.2) is 38.3 Å². The average Bonchev–Trinajstić information content (AvgIpc) is 3.29. The summed E-state index contributed by atoms with van der Waals surface area (Å²) in [5, 5.41) is 8.26. The summed E-state index contributed by atoms with van der Waals surface area (Å²) in [5.41, 5.74) is 0.0686. The zero-order valence-electron chi connectivity index (χ0n) is 17.1. The Bertz CT molecular complexity index is 1030. The number of hydrogen-bond donors (Lipinski definition) is 3. The van der Waals surface area contributed by atoms with Gasteiger partial charge in [-0.3, -0.25) is 4.79 Å². The molecule has 2 aliphatic rings. The Morgan fingerprint density at radius 3 is 2.66 bits per heavy atom. The summed E-state index contributed by atoms with van der Waals surface area (Å²) in [5.74, 6) is -3.27. The SMILES string of the molecule is O=C(N[C@H]1CCOc2c(C(=O)Nc3ccc(F)c(F)c3)ccc(F)c21)OCC1CCNC1. The second-order valence-corrected chi connectivity index (χ2v) is 7.71. The van der Waals surface area contributed by atoms with E-state index in [-0.39, 0.29) is 48.1 Å². The first-order chi connectivity index (χ1) is 15.4. The fourth-order valence-electron chi connectivity index (χ4n) is 3.81. The quantitative estimate of drug-likeness (QED) is 0.650. The number of nitrogens with one attached hydrogen (secondary N) is 3. The van der Waals surface area contributed by atoms with E-state index in [1.807, 2.05) is 0 Å². The lowest BCUT2D eigenvalue weighted by atomic mass is 9.96. The maximum atomic E-state index is 14.7. The highest BCUT2D eigenvalue weighted by atomic mass is 19.2. The third-order valence-electron chi connectivity index (χ3n) is 5.47. The molecular formula is C22H22F3N3O4. The number of carbonyl (C=O) groups is 2. The Morgan fingerprint density at radius 2 is 1.91 bits per heavy atom. The number of rotatable bonds is 5. The third-order valence-corrected chi connectivity index (χ3v) is 5.47. The topological polar surface area (TPSA) is 88.7 Å². The van der Waals surface area contributed by atoms with E-state index in [1.165, 1.54) is 12.1 Å². The van der Waals surface area contributed by atoms with Gasteiger partial charge in [0.2, 0.25) is 0 Å². The minimum atomic E-state index is -1.11. The van der Waals surface area contributed by atoms with Gasteiger partial charge in [0.05, 0.1) is 30.4 Å². The second-order valence-electron chi connectivity index (χ2n) is 7.71. The van der Waals surface area contributed by atoms with Crippen molar-refractivity contribution in [1.29, 1.82) is 0 Å². The maximum Gasteiger partial charge on any atom is 0.407 e. The van der Waals surface area contributed by atoms with Gasteiger partial charge in [-0.05, 0) is 37.2 Å². The highest BCUT2D eigenvalue weighted by Crippen LogP contribution is 2.37. The van der Waals surface area contributed by atoms with Gasteiger partial charge in [-0.2, -0.15) is 0 Å². The smallest absolute Gasteiger partial charge is 0.407 e. The van der Waals surface area contributed by atoms with Gasteiger partial charge in [0.15, 0.2) is 11.6 Å². The van der Waals surface area contributed by atoms with Crippen LogP contribution in [0, 0.1) is 23.4 Å². The van der Waals surface area contributed by atoms with Gasteiger partial charge in [0, 0.05) is 30.6 Å². The molecule has 2 amide bonds. The van der Waals surface area contributed by atoms with Crippen molar-refractivity contribution in [3.8, 4) is 5.75 Å². The molecule has 170 valence electrons. The lowest BCUT2D eigenvalue weighted by Crippen LogP contribution is -2.35. The molecule has 2 aromatic carbocycles. The molecule has 2 aliphatic heterocycles. The third kappa shape index (κ3) is 4.80. The fraction of sp³-hybridized carbons (Fsp3) is 0.364. The molecule has 7 nitrogen and oxygen atoms in total. The molecule has 1 unspecified atom stereocenters. The minimum Gasteiger partial charge on any atom is -0.492 e. The van der Waals surface area contributed by atoms with E-state index in [4.69, 9.17) is 9.47 Å². The molecule has 1 fully saturated rings. The van der Waals surface area contributed by atoms with E-state index in [0.29, 0.717) is 0 Å². The molecule has 0 aliphatic carbocycles. The van der Waals surface area contributed by atoms with E-state index < -0.39 is 35.5 Å². The van der Waals surface area contributed by atoms with Gasteiger partial charge in [0.25, 0.3) is 5.91 Å². The van der Waals surface area contributed by atoms with Crippen LogP contribution in [0.3, 0.4) is 0 Å². The Morgan fingerprint density at radius 1 is 1.09 bits per heavy atom. The van der Waals surface area contributed by atoms with E-state index in [0.717, 1.165) is 37.7 Å². The van der Waals surface area contributed by atoms with E-state index in [2.05, 4.69) is 16.0 Å². The zero-order chi connectivity index (χ0) is 22.7. The molecule has 32 heavy (non-hydrogen) atoms. The van der Waals surface area contributed by atoms with Crippen LogP contribution < -0.4 is 20.7 Å². The first-order valence-electron chi connectivity index (χ1n) is 10.3. The number of hydrogen-bond acceptors (Lipinski definition) is 5. The Hall–Kier alpha value is -3.27. The summed E-state index contributed by atoms with van der Waals surface area (Å²) in [7, 11) is 0. The maximum absolute atomic E-state index is 14.7. The van der Waals surface area contributed by atoms with Crippen LogP contribution in [0.5, 0.6) is 5.75 Å². The number of fused-ring (bicyclic) bond motifs is 1. The molecule has 0 radical (unpaired) electrons. The van der Waals surface area contributed by atoms with Crippen molar-refractivity contribution in [3.05, 3.63) is 58.9 Å². The lowest BCUT2D eigenvalue weighted by molar-refractivity contribution is 0.102. The lowest BCUT2D eigenvalue weighted by Gasteiger charge is -2.28. The summed E-state index contributed by atoms with van der Waals surface area (Å²) in [6.07, 6.45) is 0.530. The van der Waals surface area contributed by atoms with E-state index in [1.54, 1.807) is 0 Å². The summed E-state index contributed by atoms with van der Waals surface area (Å²) < 4.78 is 52.0. The van der Waals surface area contributed by atoms with Crippen molar-refractivity contribution in [1.82, 2.24) is 10.6 Å². The van der Waals surface area contributed by atoms with Crippen molar-refractivity contribution in [3.63, 3.8) is 0 Å². The van der Waals surface area contributed by atoms with Crippen LogP contribution >= 0.6 is 0 Å². The highest BCUT2D eigenvalue weighted by molar-refractivity contribution is 6.06. The van der Waals surface area contributed by atoms with Gasteiger partial charge in [-0.15, -0.1) is 0 Å². The fourth-order valence-corrected chi connectivity index (χ4v) is 3.81. The standard InChI is InChI=1S/C22H22F3N3O4/c23-15-3-1-13(9-17(15)25)27-21(29)14-2-4-16(24)19-18(6-8-31-20(14)19)28-22(30)32-11-12-5-7-26-10-12/h1-4,9,12,18,26H,5-8,10-11H2,(H,27,29)(H,28,30)/t12?,18-/m0/s1. The number of alkyl carbamates (subject to hydrolysis) is 1. The minimum absolute atomic E-state index is 0.00281. The van der Waals surface area contributed by atoms with Crippen LogP contribution in [0.25, 0.3) is 0 Å². The van der Waals surface area contributed by atoms with Crippen molar-refractivity contribution in [2.45, 2.75) is 18.9 Å². The molecular weight excluding hydrogens is 427 g/mol. The summed E-state index contributed by atoms with van der Waals surface area (Å²) in [4.78, 5) is 25.0. The molecule has 0 aromatic heterocycles. The summed E-state index contributed by atoms with van der Waals surface area (Å²) in [6.45, 7) is 2.05. The normalized spacial score (nSPS) is 19.6. The van der Waals surface area contributed by atoms with Crippen LogP contribution in [-0.2, 0) is 4.74 Å². The molecule has 2 aromatic rings. The van der Waals surface area contributed by atoms with Crippen LogP contribution in [0.4, 0.5) is 23.7 Å². The molecule has 3 N–H and O–H groups in total. The van der Waals surface area contributed by atoms with Crippen molar-refractivity contribution < 1.29 is 32.2 Å². The molecule has 0 saturated carbocycles. The molecule has 4 rings (SSSR count). The van der Waals surface area contributed by atoms with Crippen molar-refractivity contribution in [2.24, 2.45) is 5.92 Å². The first kappa shape index (κ1) is 21.9. The first-order valence-corrected chi connectivity index (χ1v) is 10.3. The van der Waals surface area contributed by atoms with Gasteiger partial charge in [0.1, 0.15) is 11.6 Å². The number of anilines is 1. The largest absolute Gasteiger partial charge is 0.492 e. The summed E-state index contributed by atoms with van der Waals surface area (Å²) >= 11 is 0. The molecule has 0 bridgehead atoms. The number of halogens is 3. The Labute approximate surface area is 182 Å². The Balaban J connectivity index is 1.49. The predicted molar refractivity (Wildman–Crippen MR) is 109 cm³/mol. The second kappa shape index (κ2) is 9.47. The molecule has 1 saturated heterocycles. The predicted octanol–water partition coefficient (Wildman–Crippen LogP) is 3.52. The van der Waals surface area contributed by atoms with E-state index in [9.17, 15) is 22.8 Å². The van der Waals surface area contributed by atoms with Crippen LogP contribution in [0.1, 0.15) is 34.8 Å². The van der Waals surface area contributed by atoms with Gasteiger partial charge >= 0.3 is 6.09 Å². The zero-order valence-corrected chi connectivity index (χ0v) is 17.1. The molecule has 0 spiro atoms. The number of amides is 2. The highest BCUT2D eigenvalue weighted by Gasteiger charge is 2.31. The Kier molecular flexibility index (Phi) is 6.50. The van der Waals surface area contributed by atoms with Gasteiger partial charge < -0.3 is 25.4 Å². The monoisotopic (exact) mass is 449 g/mol. The number of benzene rings is 2. The summed E-state index contributed by atoms with van der Waals surface area (Å²) in [6, 6.07) is 4.51. The van der Waals surface area contributed by atoms with Crippen LogP contribution in [0.15, 0.2) is 30.3 Å². The van der Waals surface area contributed by atoms with Crippen molar-refractivity contribution in [2.75, 3.05) is 31.6 Å². The molecule has 2 heterocycles. The molecule has 10 heteroatoms. The van der Waals surface area contributed by atoms with Crippen molar-refractivity contribution >= 4 is 17.7 Å². The van der Waals surface area contributed by atoms with Gasteiger partial charge in [-0.25, -0.2) is 18.0 Å². The number of carbonyl (C=O) groups excluding carboxylic acids is 2. The number of ether oxygens (including phenoxy) is 2. The van der Waals surface area contributed by atoms with E-state index >= 15 is 0 Å². The van der Waals surface area contributed by atoms with Crippen LogP contribution in [0.2, 0.25) is 0 Å². The molecule has 2 atom stereocenters. The van der Waals surface area contributed by atoms with Gasteiger partial charge in [-0.1, -0.05) is 0 Å². The average molecular weight is 449 g/mol.